The van der Waals surface area contributed by atoms with Gasteiger partial charge in [-0.2, -0.15) is 0 Å². The predicted octanol–water partition coefficient (Wildman–Crippen LogP) is 4.03. The van der Waals surface area contributed by atoms with Gasteiger partial charge < -0.3 is 10.0 Å². The van der Waals surface area contributed by atoms with Crippen molar-refractivity contribution in [3.8, 4) is 0 Å². The van der Waals surface area contributed by atoms with Gasteiger partial charge in [-0.1, -0.05) is 55.0 Å². The third-order valence-electron chi connectivity index (χ3n) is 3.83. The number of hydrogen-bond donors (Lipinski definition) is 1. The van der Waals surface area contributed by atoms with Crippen LogP contribution in [0.5, 0.6) is 0 Å². The van der Waals surface area contributed by atoms with Crippen LogP contribution in [0.3, 0.4) is 0 Å². The van der Waals surface area contributed by atoms with Crippen LogP contribution in [-0.2, 0) is 11.3 Å². The summed E-state index contributed by atoms with van der Waals surface area (Å²) in [4.78, 5) is 13.4. The molecule has 0 amide bonds. The number of benzene rings is 2. The molecule has 0 aliphatic carbocycles. The van der Waals surface area contributed by atoms with Crippen molar-refractivity contribution >= 4 is 11.7 Å². The van der Waals surface area contributed by atoms with E-state index in [0.29, 0.717) is 13.1 Å². The first kappa shape index (κ1) is 16.1. The fourth-order valence-electron chi connectivity index (χ4n) is 2.62. The molecule has 2 aromatic rings. The SMILES string of the molecule is Cc1ccc(N(Cc2ccccc2)CC(C)C(=O)O)c(C)c1. The Labute approximate surface area is 132 Å². The van der Waals surface area contributed by atoms with E-state index in [0.717, 1.165) is 5.69 Å². The Morgan fingerprint density at radius 2 is 1.82 bits per heavy atom. The molecule has 1 atom stereocenters. The first-order valence-corrected chi connectivity index (χ1v) is 7.56. The quantitative estimate of drug-likeness (QED) is 0.875. The molecule has 0 saturated carbocycles. The zero-order chi connectivity index (χ0) is 16.1. The van der Waals surface area contributed by atoms with Crippen LogP contribution in [-0.4, -0.2) is 17.6 Å². The van der Waals surface area contributed by atoms with Crippen molar-refractivity contribution in [2.24, 2.45) is 5.92 Å². The van der Waals surface area contributed by atoms with Gasteiger partial charge in [-0.05, 0) is 31.0 Å². The van der Waals surface area contributed by atoms with Gasteiger partial charge >= 0.3 is 5.97 Å². The number of rotatable bonds is 6. The molecule has 22 heavy (non-hydrogen) atoms. The summed E-state index contributed by atoms with van der Waals surface area (Å²) in [6.07, 6.45) is 0. The van der Waals surface area contributed by atoms with Gasteiger partial charge in [-0.25, -0.2) is 0 Å². The van der Waals surface area contributed by atoms with Crippen LogP contribution in [0, 0.1) is 19.8 Å². The first-order chi connectivity index (χ1) is 10.5. The molecule has 0 bridgehead atoms. The van der Waals surface area contributed by atoms with Gasteiger partial charge in [0.2, 0.25) is 0 Å². The number of hydrogen-bond acceptors (Lipinski definition) is 2. The number of nitrogens with zero attached hydrogens (tertiary/aromatic N) is 1. The molecule has 0 radical (unpaired) electrons. The Bertz CT molecular complexity index is 637. The smallest absolute Gasteiger partial charge is 0.308 e. The summed E-state index contributed by atoms with van der Waals surface area (Å²) in [5, 5.41) is 9.23. The topological polar surface area (TPSA) is 40.5 Å². The number of carboxylic acids is 1. The lowest BCUT2D eigenvalue weighted by Crippen LogP contribution is -2.32. The molecule has 0 aromatic heterocycles. The molecule has 3 nitrogen and oxygen atoms in total. The molecule has 0 heterocycles. The summed E-state index contributed by atoms with van der Waals surface area (Å²) in [6, 6.07) is 16.5. The molecule has 3 heteroatoms. The molecule has 1 unspecified atom stereocenters. The van der Waals surface area contributed by atoms with Crippen molar-refractivity contribution in [3.63, 3.8) is 0 Å². The molecule has 1 N–H and O–H groups in total. The second kappa shape index (κ2) is 7.12. The van der Waals surface area contributed by atoms with E-state index < -0.39 is 11.9 Å². The van der Waals surface area contributed by atoms with Crippen LogP contribution < -0.4 is 4.90 Å². The molecule has 2 aromatic carbocycles. The Balaban J connectivity index is 2.30. The minimum atomic E-state index is -0.761. The van der Waals surface area contributed by atoms with Crippen LogP contribution in [0.4, 0.5) is 5.69 Å². The summed E-state index contributed by atoms with van der Waals surface area (Å²) < 4.78 is 0. The number of anilines is 1. The van der Waals surface area contributed by atoms with E-state index in [2.05, 4.69) is 49.1 Å². The molecule has 0 fully saturated rings. The summed E-state index contributed by atoms with van der Waals surface area (Å²) >= 11 is 0. The summed E-state index contributed by atoms with van der Waals surface area (Å²) in [7, 11) is 0. The van der Waals surface area contributed by atoms with Crippen molar-refractivity contribution in [2.45, 2.75) is 27.3 Å². The van der Waals surface area contributed by atoms with Gasteiger partial charge in [0, 0.05) is 18.8 Å². The third-order valence-corrected chi connectivity index (χ3v) is 3.83. The highest BCUT2D eigenvalue weighted by molar-refractivity contribution is 5.70. The van der Waals surface area contributed by atoms with E-state index in [1.807, 2.05) is 18.2 Å². The lowest BCUT2D eigenvalue weighted by Gasteiger charge is -2.28. The van der Waals surface area contributed by atoms with Gasteiger partial charge in [-0.15, -0.1) is 0 Å². The van der Waals surface area contributed by atoms with Gasteiger partial charge in [-0.3, -0.25) is 4.79 Å². The molecule has 2 rings (SSSR count). The average Bonchev–Trinajstić information content (AvgIpc) is 2.47. The van der Waals surface area contributed by atoms with E-state index in [-0.39, 0.29) is 0 Å². The van der Waals surface area contributed by atoms with Gasteiger partial charge in [0.1, 0.15) is 0 Å². The lowest BCUT2D eigenvalue weighted by molar-refractivity contribution is -0.140. The van der Waals surface area contributed by atoms with E-state index in [1.54, 1.807) is 6.92 Å². The lowest BCUT2D eigenvalue weighted by atomic mass is 10.1. The van der Waals surface area contributed by atoms with Gasteiger partial charge in [0.15, 0.2) is 0 Å². The second-order valence-electron chi connectivity index (χ2n) is 5.90. The fourth-order valence-corrected chi connectivity index (χ4v) is 2.62. The second-order valence-corrected chi connectivity index (χ2v) is 5.90. The molecular weight excluding hydrogens is 274 g/mol. The third kappa shape index (κ3) is 4.10. The number of carbonyl (C=O) groups is 1. The molecule has 0 aliphatic heterocycles. The summed E-state index contributed by atoms with van der Waals surface area (Å²) in [5.41, 5.74) is 4.67. The molecule has 0 aliphatic rings. The zero-order valence-corrected chi connectivity index (χ0v) is 13.4. The molecule has 116 valence electrons. The Hall–Kier alpha value is -2.29. The zero-order valence-electron chi connectivity index (χ0n) is 13.4. The van der Waals surface area contributed by atoms with E-state index in [9.17, 15) is 9.90 Å². The summed E-state index contributed by atoms with van der Waals surface area (Å²) in [5.74, 6) is -1.17. The predicted molar refractivity (Wildman–Crippen MR) is 90.2 cm³/mol. The highest BCUT2D eigenvalue weighted by Gasteiger charge is 2.18. The van der Waals surface area contributed by atoms with Crippen molar-refractivity contribution in [1.82, 2.24) is 0 Å². The Morgan fingerprint density at radius 1 is 1.14 bits per heavy atom. The number of aryl methyl sites for hydroxylation is 2. The van der Waals surface area contributed by atoms with Crippen LogP contribution in [0.2, 0.25) is 0 Å². The number of carboxylic acid groups (broad SMARTS) is 1. The van der Waals surface area contributed by atoms with Crippen LogP contribution in [0.15, 0.2) is 48.5 Å². The molecule has 0 spiro atoms. The first-order valence-electron chi connectivity index (χ1n) is 7.56. The monoisotopic (exact) mass is 297 g/mol. The standard InChI is InChI=1S/C19H23NO2/c1-14-9-10-18(15(2)11-14)20(12-16(3)19(21)22)13-17-7-5-4-6-8-17/h4-11,16H,12-13H2,1-3H3,(H,21,22). The normalized spacial score (nSPS) is 12.0. The van der Waals surface area contributed by atoms with E-state index in [1.165, 1.54) is 16.7 Å². The van der Waals surface area contributed by atoms with Gasteiger partial charge in [0.25, 0.3) is 0 Å². The van der Waals surface area contributed by atoms with E-state index >= 15 is 0 Å². The van der Waals surface area contributed by atoms with Crippen LogP contribution in [0.25, 0.3) is 0 Å². The minimum absolute atomic E-state index is 0.413. The maximum atomic E-state index is 11.2. The van der Waals surface area contributed by atoms with Gasteiger partial charge in [0.05, 0.1) is 5.92 Å². The maximum Gasteiger partial charge on any atom is 0.308 e. The molecular formula is C19H23NO2. The van der Waals surface area contributed by atoms with Crippen molar-refractivity contribution < 1.29 is 9.90 Å². The fraction of sp³-hybridized carbons (Fsp3) is 0.316. The van der Waals surface area contributed by atoms with Crippen LogP contribution in [0.1, 0.15) is 23.6 Å². The Kier molecular flexibility index (Phi) is 5.21. The average molecular weight is 297 g/mol. The van der Waals surface area contributed by atoms with E-state index in [4.69, 9.17) is 0 Å². The minimum Gasteiger partial charge on any atom is -0.481 e. The number of aliphatic carboxylic acids is 1. The van der Waals surface area contributed by atoms with Crippen molar-refractivity contribution in [3.05, 3.63) is 65.2 Å². The summed E-state index contributed by atoms with van der Waals surface area (Å²) in [6.45, 7) is 7.10. The Morgan fingerprint density at radius 3 is 2.41 bits per heavy atom. The molecule has 0 saturated heterocycles. The van der Waals surface area contributed by atoms with Crippen LogP contribution >= 0.6 is 0 Å². The largest absolute Gasteiger partial charge is 0.481 e. The highest BCUT2D eigenvalue weighted by Crippen LogP contribution is 2.24. The highest BCUT2D eigenvalue weighted by atomic mass is 16.4. The maximum absolute atomic E-state index is 11.2. The van der Waals surface area contributed by atoms with Crippen molar-refractivity contribution in [1.29, 1.82) is 0 Å². The van der Waals surface area contributed by atoms with Crippen molar-refractivity contribution in [2.75, 3.05) is 11.4 Å².